The van der Waals surface area contributed by atoms with E-state index in [0.29, 0.717) is 0 Å². The fourth-order valence-corrected chi connectivity index (χ4v) is 1.96. The second-order valence-corrected chi connectivity index (χ2v) is 4.24. The van der Waals surface area contributed by atoms with Gasteiger partial charge in [0.15, 0.2) is 0 Å². The standard InChI is InChI=1S/C13H16ClN3/c1-2-17-12(7-8-16-17)10-15-9-11-5-3-4-6-13(11)14/h3-8,15H,2,9-10H2,1H3. The lowest BCUT2D eigenvalue weighted by Crippen LogP contribution is -2.16. The lowest BCUT2D eigenvalue weighted by Gasteiger charge is -2.08. The topological polar surface area (TPSA) is 29.9 Å². The fourth-order valence-electron chi connectivity index (χ4n) is 1.76. The minimum Gasteiger partial charge on any atom is -0.307 e. The van der Waals surface area contributed by atoms with Crippen LogP contribution in [0.25, 0.3) is 0 Å². The summed E-state index contributed by atoms with van der Waals surface area (Å²) in [6, 6.07) is 9.92. The van der Waals surface area contributed by atoms with Crippen LogP contribution < -0.4 is 5.32 Å². The Hall–Kier alpha value is -1.32. The Balaban J connectivity index is 1.90. The molecule has 0 spiro atoms. The highest BCUT2D eigenvalue weighted by atomic mass is 35.5. The molecule has 0 fully saturated rings. The van der Waals surface area contributed by atoms with Crippen LogP contribution in [0.3, 0.4) is 0 Å². The monoisotopic (exact) mass is 249 g/mol. The van der Waals surface area contributed by atoms with E-state index in [2.05, 4.69) is 17.3 Å². The molecular weight excluding hydrogens is 234 g/mol. The van der Waals surface area contributed by atoms with Crippen LogP contribution in [-0.2, 0) is 19.6 Å². The lowest BCUT2D eigenvalue weighted by molar-refractivity contribution is 0.581. The zero-order chi connectivity index (χ0) is 12.1. The molecule has 1 aromatic heterocycles. The molecule has 1 aromatic carbocycles. The van der Waals surface area contributed by atoms with Crippen LogP contribution >= 0.6 is 11.6 Å². The average Bonchev–Trinajstić information content (AvgIpc) is 2.79. The third kappa shape index (κ3) is 3.08. The van der Waals surface area contributed by atoms with E-state index in [1.165, 1.54) is 5.69 Å². The first kappa shape index (κ1) is 12.1. The third-order valence-corrected chi connectivity index (χ3v) is 3.05. The van der Waals surface area contributed by atoms with Gasteiger partial charge in [0.1, 0.15) is 0 Å². The molecule has 1 N–H and O–H groups in total. The third-order valence-electron chi connectivity index (χ3n) is 2.68. The molecule has 0 aliphatic carbocycles. The van der Waals surface area contributed by atoms with Gasteiger partial charge >= 0.3 is 0 Å². The van der Waals surface area contributed by atoms with E-state index < -0.39 is 0 Å². The number of hydrogen-bond donors (Lipinski definition) is 1. The second-order valence-electron chi connectivity index (χ2n) is 3.83. The molecule has 2 aromatic rings. The molecule has 4 heteroatoms. The molecule has 3 nitrogen and oxygen atoms in total. The minimum absolute atomic E-state index is 0.772. The van der Waals surface area contributed by atoms with Gasteiger partial charge in [-0.3, -0.25) is 4.68 Å². The van der Waals surface area contributed by atoms with Gasteiger partial charge < -0.3 is 5.32 Å². The molecule has 0 saturated carbocycles. The number of aryl methyl sites for hydroxylation is 1. The minimum atomic E-state index is 0.772. The van der Waals surface area contributed by atoms with Gasteiger partial charge in [0.05, 0.1) is 5.69 Å². The maximum Gasteiger partial charge on any atom is 0.0522 e. The molecule has 90 valence electrons. The van der Waals surface area contributed by atoms with Gasteiger partial charge in [-0.05, 0) is 24.6 Å². The Labute approximate surface area is 106 Å². The summed E-state index contributed by atoms with van der Waals surface area (Å²) in [4.78, 5) is 0. The molecule has 17 heavy (non-hydrogen) atoms. The van der Waals surface area contributed by atoms with Gasteiger partial charge in [-0.25, -0.2) is 0 Å². The zero-order valence-corrected chi connectivity index (χ0v) is 10.6. The van der Waals surface area contributed by atoms with Crippen molar-refractivity contribution in [1.82, 2.24) is 15.1 Å². The molecule has 0 radical (unpaired) electrons. The van der Waals surface area contributed by atoms with Crippen molar-refractivity contribution < 1.29 is 0 Å². The Morgan fingerprint density at radius 3 is 2.82 bits per heavy atom. The molecular formula is C13H16ClN3. The van der Waals surface area contributed by atoms with Gasteiger partial charge in [0.25, 0.3) is 0 Å². The van der Waals surface area contributed by atoms with Gasteiger partial charge in [-0.2, -0.15) is 5.10 Å². The Morgan fingerprint density at radius 1 is 1.24 bits per heavy atom. The maximum atomic E-state index is 6.09. The number of rotatable bonds is 5. The van der Waals surface area contributed by atoms with E-state index in [1.807, 2.05) is 41.2 Å². The SMILES string of the molecule is CCn1nccc1CNCc1ccccc1Cl. The van der Waals surface area contributed by atoms with Crippen LogP contribution in [0.15, 0.2) is 36.5 Å². The quantitative estimate of drug-likeness (QED) is 0.883. The van der Waals surface area contributed by atoms with Crippen molar-refractivity contribution in [3.63, 3.8) is 0 Å². The molecule has 1 heterocycles. The molecule has 2 rings (SSSR count). The summed E-state index contributed by atoms with van der Waals surface area (Å²) in [6.07, 6.45) is 1.83. The van der Waals surface area contributed by atoms with E-state index in [1.54, 1.807) is 0 Å². The molecule has 0 aliphatic rings. The van der Waals surface area contributed by atoms with Crippen molar-refractivity contribution in [1.29, 1.82) is 0 Å². The summed E-state index contributed by atoms with van der Waals surface area (Å²) < 4.78 is 1.99. The summed E-state index contributed by atoms with van der Waals surface area (Å²) in [6.45, 7) is 4.56. The van der Waals surface area contributed by atoms with E-state index in [0.717, 1.165) is 30.2 Å². The van der Waals surface area contributed by atoms with Crippen molar-refractivity contribution in [2.75, 3.05) is 0 Å². The highest BCUT2D eigenvalue weighted by Gasteiger charge is 2.01. The van der Waals surface area contributed by atoms with E-state index in [9.17, 15) is 0 Å². The van der Waals surface area contributed by atoms with Crippen LogP contribution in [0.2, 0.25) is 5.02 Å². The number of benzene rings is 1. The largest absolute Gasteiger partial charge is 0.307 e. The summed E-state index contributed by atoms with van der Waals surface area (Å²) >= 11 is 6.09. The number of nitrogens with one attached hydrogen (secondary N) is 1. The summed E-state index contributed by atoms with van der Waals surface area (Å²) in [7, 11) is 0. The Morgan fingerprint density at radius 2 is 2.06 bits per heavy atom. The predicted octanol–water partition coefficient (Wildman–Crippen LogP) is 2.85. The number of aromatic nitrogens is 2. The molecule has 0 unspecified atom stereocenters. The van der Waals surface area contributed by atoms with Crippen molar-refractivity contribution >= 4 is 11.6 Å². The van der Waals surface area contributed by atoms with Gasteiger partial charge in [-0.15, -0.1) is 0 Å². The zero-order valence-electron chi connectivity index (χ0n) is 9.86. The van der Waals surface area contributed by atoms with E-state index >= 15 is 0 Å². The van der Waals surface area contributed by atoms with Crippen LogP contribution in [-0.4, -0.2) is 9.78 Å². The maximum absolute atomic E-state index is 6.09. The van der Waals surface area contributed by atoms with Gasteiger partial charge in [-0.1, -0.05) is 29.8 Å². The van der Waals surface area contributed by atoms with Crippen molar-refractivity contribution in [2.24, 2.45) is 0 Å². The highest BCUT2D eigenvalue weighted by molar-refractivity contribution is 6.31. The van der Waals surface area contributed by atoms with Crippen molar-refractivity contribution in [3.8, 4) is 0 Å². The summed E-state index contributed by atoms with van der Waals surface area (Å²) in [5.74, 6) is 0. The fraction of sp³-hybridized carbons (Fsp3) is 0.308. The Bertz CT molecular complexity index is 479. The van der Waals surface area contributed by atoms with Crippen LogP contribution in [0.5, 0.6) is 0 Å². The van der Waals surface area contributed by atoms with Gasteiger partial charge in [0, 0.05) is 30.9 Å². The van der Waals surface area contributed by atoms with Crippen LogP contribution in [0.4, 0.5) is 0 Å². The molecule has 0 atom stereocenters. The summed E-state index contributed by atoms with van der Waals surface area (Å²) in [5.41, 5.74) is 2.32. The highest BCUT2D eigenvalue weighted by Crippen LogP contribution is 2.14. The normalized spacial score (nSPS) is 10.7. The van der Waals surface area contributed by atoms with E-state index in [4.69, 9.17) is 11.6 Å². The van der Waals surface area contributed by atoms with Crippen molar-refractivity contribution in [3.05, 3.63) is 52.8 Å². The first-order valence-corrected chi connectivity index (χ1v) is 6.14. The van der Waals surface area contributed by atoms with Gasteiger partial charge in [0.2, 0.25) is 0 Å². The molecule has 0 amide bonds. The van der Waals surface area contributed by atoms with Crippen LogP contribution in [0.1, 0.15) is 18.2 Å². The molecule has 0 saturated heterocycles. The van der Waals surface area contributed by atoms with E-state index in [-0.39, 0.29) is 0 Å². The van der Waals surface area contributed by atoms with Crippen LogP contribution in [0, 0.1) is 0 Å². The Kier molecular flexibility index (Phi) is 4.18. The second kappa shape index (κ2) is 5.84. The molecule has 0 aliphatic heterocycles. The average molecular weight is 250 g/mol. The van der Waals surface area contributed by atoms with Crippen molar-refractivity contribution in [2.45, 2.75) is 26.6 Å². The number of nitrogens with zero attached hydrogens (tertiary/aromatic N) is 2. The first-order valence-electron chi connectivity index (χ1n) is 5.76. The first-order chi connectivity index (χ1) is 8.31. The predicted molar refractivity (Wildman–Crippen MR) is 69.9 cm³/mol. The summed E-state index contributed by atoms with van der Waals surface area (Å²) in [5, 5.41) is 8.41. The smallest absolute Gasteiger partial charge is 0.0522 e. The lowest BCUT2D eigenvalue weighted by atomic mass is 10.2. The number of halogens is 1. The molecule has 0 bridgehead atoms. The number of hydrogen-bond acceptors (Lipinski definition) is 2.